The number of unbranched alkanes of at least 4 members (excludes halogenated alkanes) is 3. The number of methoxy groups -OCH3 is 2. The highest BCUT2D eigenvalue weighted by molar-refractivity contribution is 9.09. The van der Waals surface area contributed by atoms with Gasteiger partial charge in [0, 0.05) is 17.4 Å². The first-order valence-electron chi connectivity index (χ1n) is 13.2. The number of aliphatic hydroxyl groups is 1. The summed E-state index contributed by atoms with van der Waals surface area (Å²) < 4.78 is 23.9. The van der Waals surface area contributed by atoms with Crippen molar-refractivity contribution in [3.05, 3.63) is 95.6 Å². The van der Waals surface area contributed by atoms with Crippen LogP contribution in [0.2, 0.25) is 0 Å². The Morgan fingerprint density at radius 2 is 1.21 bits per heavy atom. The highest BCUT2D eigenvalue weighted by Crippen LogP contribution is 2.42. The minimum Gasteiger partial charge on any atom is -0.497 e. The minimum absolute atomic E-state index is 0.0489. The summed E-state index contributed by atoms with van der Waals surface area (Å²) in [4.78, 5) is 0. The zero-order valence-electron chi connectivity index (χ0n) is 22.8. The number of benzene rings is 3. The van der Waals surface area contributed by atoms with Crippen molar-refractivity contribution in [1.29, 1.82) is 0 Å². The number of rotatable bonds is 17. The van der Waals surface area contributed by atoms with Gasteiger partial charge in [-0.1, -0.05) is 90.3 Å². The summed E-state index contributed by atoms with van der Waals surface area (Å²) in [7, 11) is 3.32. The Morgan fingerprint density at radius 1 is 0.684 bits per heavy atom. The smallest absolute Gasteiger partial charge is 0.143 e. The molecule has 0 aliphatic carbocycles. The summed E-state index contributed by atoms with van der Waals surface area (Å²) in [5.74, 6) is 1.55. The molecule has 0 amide bonds. The first-order valence-corrected chi connectivity index (χ1v) is 14.4. The van der Waals surface area contributed by atoms with E-state index in [4.69, 9.17) is 18.9 Å². The third-order valence-corrected chi connectivity index (χ3v) is 7.38. The summed E-state index contributed by atoms with van der Waals surface area (Å²) in [6.07, 6.45) is 4.53. The molecule has 5 nitrogen and oxygen atoms in total. The maximum absolute atomic E-state index is 10.4. The van der Waals surface area contributed by atoms with Gasteiger partial charge in [0.1, 0.15) is 17.1 Å². The average molecular weight is 586 g/mol. The van der Waals surface area contributed by atoms with Crippen LogP contribution in [0.25, 0.3) is 0 Å². The van der Waals surface area contributed by atoms with Crippen molar-refractivity contribution in [3.8, 4) is 11.5 Å². The monoisotopic (exact) mass is 584 g/mol. The minimum atomic E-state index is -0.925. The van der Waals surface area contributed by atoms with Crippen LogP contribution in [0.5, 0.6) is 11.5 Å². The third-order valence-electron chi connectivity index (χ3n) is 6.82. The molecule has 0 fully saturated rings. The summed E-state index contributed by atoms with van der Waals surface area (Å²) in [5.41, 5.74) is 1.41. The number of hydrogen-bond acceptors (Lipinski definition) is 5. The molecule has 0 heterocycles. The number of hydrogen-bond donors (Lipinski definition) is 1. The summed E-state index contributed by atoms with van der Waals surface area (Å²) in [6.45, 7) is 3.35. The number of ether oxygens (including phenoxy) is 4. The molecule has 1 N–H and O–H groups in total. The van der Waals surface area contributed by atoms with E-state index in [2.05, 4.69) is 28.1 Å². The third kappa shape index (κ3) is 7.82. The molecule has 0 saturated heterocycles. The fraction of sp³-hybridized carbons (Fsp3) is 0.438. The zero-order valence-corrected chi connectivity index (χ0v) is 24.4. The lowest BCUT2D eigenvalue weighted by molar-refractivity contribution is -0.0826. The standard InChI is InChI=1S/C32H41BrO5/c1-31(23-34,24-37-22-10-5-4-9-21-33)25-38-32(26-11-7-6-8-12-26,27-13-17-29(35-2)18-14-27)28-15-19-30(36-3)20-16-28/h6-8,11-20,34H,4-5,9-10,21-25H2,1-3H3. The van der Waals surface area contributed by atoms with Crippen LogP contribution >= 0.6 is 15.9 Å². The first kappa shape index (κ1) is 30.2. The molecule has 0 bridgehead atoms. The van der Waals surface area contributed by atoms with E-state index >= 15 is 0 Å². The lowest BCUT2D eigenvalue weighted by Crippen LogP contribution is -2.40. The van der Waals surface area contributed by atoms with Gasteiger partial charge in [-0.3, -0.25) is 0 Å². The van der Waals surface area contributed by atoms with Gasteiger partial charge in [-0.15, -0.1) is 0 Å². The second-order valence-electron chi connectivity index (χ2n) is 9.92. The zero-order chi connectivity index (χ0) is 27.3. The molecule has 0 radical (unpaired) electrons. The highest BCUT2D eigenvalue weighted by atomic mass is 79.9. The lowest BCUT2D eigenvalue weighted by Gasteiger charge is -2.39. The van der Waals surface area contributed by atoms with Crippen molar-refractivity contribution in [3.63, 3.8) is 0 Å². The van der Waals surface area contributed by atoms with Gasteiger partial charge in [-0.2, -0.15) is 0 Å². The molecule has 0 aliphatic rings. The molecule has 1 atom stereocenters. The van der Waals surface area contributed by atoms with Crippen LogP contribution in [-0.2, 0) is 15.1 Å². The van der Waals surface area contributed by atoms with Gasteiger partial charge < -0.3 is 24.1 Å². The fourth-order valence-electron chi connectivity index (χ4n) is 4.46. The van der Waals surface area contributed by atoms with Gasteiger partial charge in [-0.05, 0) is 53.8 Å². The van der Waals surface area contributed by atoms with E-state index in [9.17, 15) is 5.11 Å². The van der Waals surface area contributed by atoms with Gasteiger partial charge in [0.05, 0.1) is 34.0 Å². The quantitative estimate of drug-likeness (QED) is 0.105. The van der Waals surface area contributed by atoms with Crippen LogP contribution in [0, 0.1) is 5.41 Å². The molecule has 38 heavy (non-hydrogen) atoms. The van der Waals surface area contributed by atoms with E-state index in [0.717, 1.165) is 46.4 Å². The number of alkyl halides is 1. The Bertz CT molecular complexity index is 1010. The Morgan fingerprint density at radius 3 is 1.71 bits per heavy atom. The molecule has 0 aliphatic heterocycles. The van der Waals surface area contributed by atoms with Crippen LogP contribution in [0.3, 0.4) is 0 Å². The van der Waals surface area contributed by atoms with Crippen LogP contribution in [0.1, 0.15) is 49.3 Å². The Kier molecular flexibility index (Phi) is 12.1. The summed E-state index contributed by atoms with van der Waals surface area (Å²) in [6, 6.07) is 26.1. The molecule has 6 heteroatoms. The fourth-order valence-corrected chi connectivity index (χ4v) is 4.86. The first-order chi connectivity index (χ1) is 18.5. The molecule has 3 rings (SSSR count). The maximum atomic E-state index is 10.4. The lowest BCUT2D eigenvalue weighted by atomic mass is 9.79. The van der Waals surface area contributed by atoms with E-state index in [-0.39, 0.29) is 6.61 Å². The normalized spacial score (nSPS) is 13.2. The van der Waals surface area contributed by atoms with Crippen LogP contribution in [0.4, 0.5) is 0 Å². The summed E-state index contributed by atoms with van der Waals surface area (Å²) >= 11 is 3.48. The van der Waals surface area contributed by atoms with Gasteiger partial charge in [-0.25, -0.2) is 0 Å². The molecular weight excluding hydrogens is 544 g/mol. The van der Waals surface area contributed by atoms with Crippen LogP contribution in [0.15, 0.2) is 78.9 Å². The van der Waals surface area contributed by atoms with Crippen molar-refractivity contribution in [2.75, 3.05) is 46.0 Å². The molecule has 0 spiro atoms. The predicted molar refractivity (Wildman–Crippen MR) is 157 cm³/mol. The highest BCUT2D eigenvalue weighted by Gasteiger charge is 2.40. The number of aliphatic hydroxyl groups excluding tert-OH is 1. The van der Waals surface area contributed by atoms with E-state index in [1.54, 1.807) is 14.2 Å². The average Bonchev–Trinajstić information content (AvgIpc) is 2.98. The van der Waals surface area contributed by atoms with Gasteiger partial charge in [0.2, 0.25) is 0 Å². The molecule has 3 aromatic carbocycles. The number of halogens is 1. The maximum Gasteiger partial charge on any atom is 0.143 e. The Balaban J connectivity index is 1.94. The SMILES string of the molecule is COc1ccc(C(OCC(C)(CO)COCCCCCCBr)(c2ccccc2)c2ccc(OC)cc2)cc1. The second-order valence-corrected chi connectivity index (χ2v) is 10.7. The summed E-state index contributed by atoms with van der Waals surface area (Å²) in [5, 5.41) is 11.4. The van der Waals surface area contributed by atoms with E-state index < -0.39 is 11.0 Å². The molecule has 0 saturated carbocycles. The van der Waals surface area contributed by atoms with Gasteiger partial charge >= 0.3 is 0 Å². The Hall–Kier alpha value is -2.38. The van der Waals surface area contributed by atoms with Crippen LogP contribution < -0.4 is 9.47 Å². The van der Waals surface area contributed by atoms with Gasteiger partial charge in [0.25, 0.3) is 0 Å². The molecule has 206 valence electrons. The Labute approximate surface area is 236 Å². The van der Waals surface area contributed by atoms with Gasteiger partial charge in [0.15, 0.2) is 0 Å². The van der Waals surface area contributed by atoms with Crippen molar-refractivity contribution in [1.82, 2.24) is 0 Å². The van der Waals surface area contributed by atoms with Crippen LogP contribution in [-0.4, -0.2) is 51.1 Å². The van der Waals surface area contributed by atoms with E-state index in [0.29, 0.717) is 19.8 Å². The topological polar surface area (TPSA) is 57.2 Å². The molecule has 3 aromatic rings. The predicted octanol–water partition coefficient (Wildman–Crippen LogP) is 6.98. The largest absolute Gasteiger partial charge is 0.497 e. The van der Waals surface area contributed by atoms with Crippen molar-refractivity contribution >= 4 is 15.9 Å². The molecule has 0 aromatic heterocycles. The van der Waals surface area contributed by atoms with E-state index in [1.807, 2.05) is 73.7 Å². The van der Waals surface area contributed by atoms with Crippen molar-refractivity contribution < 1.29 is 24.1 Å². The molecular formula is C32H41BrO5. The second kappa shape index (κ2) is 15.3. The molecule has 1 unspecified atom stereocenters. The van der Waals surface area contributed by atoms with E-state index in [1.165, 1.54) is 12.8 Å². The van der Waals surface area contributed by atoms with Crippen molar-refractivity contribution in [2.24, 2.45) is 5.41 Å². The van der Waals surface area contributed by atoms with Crippen molar-refractivity contribution in [2.45, 2.75) is 38.2 Å².